The summed E-state index contributed by atoms with van der Waals surface area (Å²) >= 11 is 0. The maximum Gasteiger partial charge on any atom is 0.220 e. The minimum atomic E-state index is -1.99. The number of aliphatic hydroxyl groups excluding tert-OH is 11. The van der Waals surface area contributed by atoms with Crippen molar-refractivity contribution in [2.75, 3.05) is 26.4 Å². The fraction of sp³-hybridized carbons (Fsp3) is 0.841. The zero-order valence-electron chi connectivity index (χ0n) is 53.9. The molecule has 17 atom stereocenters. The second-order valence-electron chi connectivity index (χ2n) is 24.6. The topological polar surface area (TPSA) is 307 Å². The summed E-state index contributed by atoms with van der Waals surface area (Å²) in [6.45, 7) is 1.57. The Hall–Kier alpha value is -2.51. The Morgan fingerprint density at radius 3 is 1.27 bits per heavy atom. The smallest absolute Gasteiger partial charge is 0.220 e. The first kappa shape index (κ1) is 79.7. The SMILES string of the molecule is CC/C=C\C/C=C\C/C=C\CCCCCC(=O)NC(COC1OC(CO)C(OC2OC(CO)C(OC3OC(CO)C(O)C(O)C3O)C(O)C2O)C(O)C1O)C(O)/C=C/CC/C=C/CCCCCCCCCCCCCCCCCCCCCCCCCC. The fourth-order valence-electron chi connectivity index (χ4n) is 11.5. The highest BCUT2D eigenvalue weighted by Crippen LogP contribution is 2.33. The lowest BCUT2D eigenvalue weighted by Crippen LogP contribution is -2.66. The molecule has 0 aliphatic carbocycles. The molecule has 512 valence electrons. The van der Waals surface area contributed by atoms with Crippen molar-refractivity contribution in [3.05, 3.63) is 60.8 Å². The summed E-state index contributed by atoms with van der Waals surface area (Å²) in [7, 11) is 0. The quantitative estimate of drug-likeness (QED) is 0.0200. The van der Waals surface area contributed by atoms with Gasteiger partial charge in [-0.2, -0.15) is 0 Å². The Morgan fingerprint density at radius 1 is 0.420 bits per heavy atom. The number of ether oxygens (including phenoxy) is 6. The minimum absolute atomic E-state index is 0.198. The molecular weight excluding hydrogens is 1130 g/mol. The van der Waals surface area contributed by atoms with E-state index in [-0.39, 0.29) is 18.9 Å². The predicted octanol–water partition coefficient (Wildman–Crippen LogP) is 8.77. The van der Waals surface area contributed by atoms with Crippen LogP contribution in [0.25, 0.3) is 0 Å². The van der Waals surface area contributed by atoms with E-state index in [1.165, 1.54) is 148 Å². The number of aliphatic hydroxyl groups is 11. The highest BCUT2D eigenvalue weighted by atomic mass is 16.8. The molecule has 0 saturated carbocycles. The van der Waals surface area contributed by atoms with Gasteiger partial charge in [0.1, 0.15) is 73.2 Å². The van der Waals surface area contributed by atoms with E-state index in [2.05, 4.69) is 67.8 Å². The van der Waals surface area contributed by atoms with Gasteiger partial charge in [0.15, 0.2) is 18.9 Å². The average molecular weight is 1250 g/mol. The maximum absolute atomic E-state index is 13.3. The molecule has 3 saturated heterocycles. The lowest BCUT2D eigenvalue weighted by Gasteiger charge is -2.48. The molecule has 17 unspecified atom stereocenters. The monoisotopic (exact) mass is 1250 g/mol. The van der Waals surface area contributed by atoms with Gasteiger partial charge in [-0.1, -0.05) is 229 Å². The van der Waals surface area contributed by atoms with Crippen molar-refractivity contribution in [1.29, 1.82) is 0 Å². The second kappa shape index (κ2) is 51.0. The number of rotatable bonds is 52. The van der Waals surface area contributed by atoms with Crippen LogP contribution in [0, 0.1) is 0 Å². The van der Waals surface area contributed by atoms with Crippen LogP contribution in [-0.4, -0.2) is 193 Å². The number of allylic oxidation sites excluding steroid dienone is 9. The molecule has 0 radical (unpaired) electrons. The number of hydrogen-bond donors (Lipinski definition) is 12. The lowest BCUT2D eigenvalue weighted by molar-refractivity contribution is -0.379. The standard InChI is InChI=1S/C69H123NO18/c1-3-5-7-9-11-13-15-17-18-19-20-21-22-23-24-25-26-27-28-29-30-31-32-33-35-36-38-40-42-44-46-53(74)52(70-57(75)47-45-43-41-39-37-34-16-14-12-10-8-6-4-2)51-83-67-63(81)60(78)65(55(49-72)85-67)88-69-64(82)61(79)66(56(50-73)86-69)87-68-62(80)59(77)58(76)54(48-71)84-68/h6,8,12,14,34,36-38,44,46,52-56,58-69,71-74,76-82H,3-5,7,9-11,13,15-33,35,39-43,45,47-51H2,1-2H3,(H,70,75)/b8-6-,14-12-,37-34-,38-36+,46-44+. The van der Waals surface area contributed by atoms with Crippen LogP contribution in [0.5, 0.6) is 0 Å². The molecule has 3 rings (SSSR count). The number of amides is 1. The van der Waals surface area contributed by atoms with Crippen LogP contribution in [0.4, 0.5) is 0 Å². The van der Waals surface area contributed by atoms with E-state index in [0.29, 0.717) is 12.8 Å². The van der Waals surface area contributed by atoms with E-state index in [1.807, 2.05) is 6.08 Å². The van der Waals surface area contributed by atoms with Gasteiger partial charge in [-0.25, -0.2) is 0 Å². The van der Waals surface area contributed by atoms with Gasteiger partial charge in [-0.15, -0.1) is 0 Å². The van der Waals surface area contributed by atoms with Crippen molar-refractivity contribution in [2.45, 2.75) is 343 Å². The third-order valence-electron chi connectivity index (χ3n) is 17.0. The Bertz CT molecular complexity index is 1830. The number of carbonyl (C=O) groups is 1. The summed E-state index contributed by atoms with van der Waals surface area (Å²) in [4.78, 5) is 13.3. The highest BCUT2D eigenvalue weighted by molar-refractivity contribution is 5.76. The zero-order chi connectivity index (χ0) is 64.0. The lowest BCUT2D eigenvalue weighted by atomic mass is 9.96. The van der Waals surface area contributed by atoms with Gasteiger partial charge in [0.25, 0.3) is 0 Å². The molecule has 0 bridgehead atoms. The van der Waals surface area contributed by atoms with E-state index in [9.17, 15) is 61.0 Å². The van der Waals surface area contributed by atoms with E-state index in [0.717, 1.165) is 57.8 Å². The molecule has 1 amide bonds. The maximum atomic E-state index is 13.3. The molecule has 19 heteroatoms. The molecule has 0 aromatic carbocycles. The molecule has 0 spiro atoms. The van der Waals surface area contributed by atoms with Crippen LogP contribution < -0.4 is 5.32 Å². The fourth-order valence-corrected chi connectivity index (χ4v) is 11.5. The molecule has 0 aromatic heterocycles. The van der Waals surface area contributed by atoms with Crippen LogP contribution in [-0.2, 0) is 33.2 Å². The van der Waals surface area contributed by atoms with Crippen LogP contribution in [0.2, 0.25) is 0 Å². The zero-order valence-corrected chi connectivity index (χ0v) is 53.9. The molecule has 19 nitrogen and oxygen atoms in total. The predicted molar refractivity (Wildman–Crippen MR) is 342 cm³/mol. The van der Waals surface area contributed by atoms with Crippen molar-refractivity contribution in [3.8, 4) is 0 Å². The van der Waals surface area contributed by atoms with Crippen molar-refractivity contribution in [2.24, 2.45) is 0 Å². The van der Waals surface area contributed by atoms with Gasteiger partial charge >= 0.3 is 0 Å². The summed E-state index contributed by atoms with van der Waals surface area (Å²) in [5, 5.41) is 120. The Balaban J connectivity index is 1.41. The van der Waals surface area contributed by atoms with Crippen molar-refractivity contribution in [1.82, 2.24) is 5.32 Å². The molecule has 3 aliphatic rings. The van der Waals surface area contributed by atoms with Gasteiger partial charge in [-0.05, 0) is 64.2 Å². The normalized spacial score (nSPS) is 28.8. The number of nitrogens with one attached hydrogen (secondary N) is 1. The van der Waals surface area contributed by atoms with Gasteiger partial charge in [0.2, 0.25) is 5.91 Å². The molecule has 3 aliphatic heterocycles. The Morgan fingerprint density at radius 2 is 0.795 bits per heavy atom. The van der Waals surface area contributed by atoms with Crippen LogP contribution >= 0.6 is 0 Å². The number of carbonyl (C=O) groups excluding carboxylic acids is 1. The van der Waals surface area contributed by atoms with E-state index in [1.54, 1.807) is 6.08 Å². The van der Waals surface area contributed by atoms with Crippen molar-refractivity contribution in [3.63, 3.8) is 0 Å². The highest BCUT2D eigenvalue weighted by Gasteiger charge is 2.53. The second-order valence-corrected chi connectivity index (χ2v) is 24.6. The third-order valence-corrected chi connectivity index (χ3v) is 17.0. The van der Waals surface area contributed by atoms with Gasteiger partial charge in [0.05, 0.1) is 38.6 Å². The van der Waals surface area contributed by atoms with Crippen LogP contribution in [0.3, 0.4) is 0 Å². The Labute approximate surface area is 528 Å². The summed E-state index contributed by atoms with van der Waals surface area (Å²) in [5.41, 5.74) is 0. The summed E-state index contributed by atoms with van der Waals surface area (Å²) in [6, 6.07) is -1.01. The van der Waals surface area contributed by atoms with Gasteiger partial charge in [0, 0.05) is 6.42 Å². The number of unbranched alkanes of at least 4 members (excludes halogenated alkanes) is 28. The first-order chi connectivity index (χ1) is 42.8. The van der Waals surface area contributed by atoms with Crippen LogP contribution in [0.1, 0.15) is 239 Å². The van der Waals surface area contributed by atoms with E-state index < -0.39 is 124 Å². The molecule has 3 heterocycles. The van der Waals surface area contributed by atoms with Crippen LogP contribution in [0.15, 0.2) is 60.8 Å². The first-order valence-electron chi connectivity index (χ1n) is 34.5. The largest absolute Gasteiger partial charge is 0.394 e. The first-order valence-corrected chi connectivity index (χ1v) is 34.5. The molecular formula is C69H123NO18. The van der Waals surface area contributed by atoms with Gasteiger partial charge in [-0.3, -0.25) is 4.79 Å². The van der Waals surface area contributed by atoms with Crippen molar-refractivity contribution < 1.29 is 89.4 Å². The summed E-state index contributed by atoms with van der Waals surface area (Å²) in [6.07, 6.45) is 35.2. The molecule has 12 N–H and O–H groups in total. The molecule has 0 aromatic rings. The van der Waals surface area contributed by atoms with E-state index in [4.69, 9.17) is 28.4 Å². The molecule has 3 fully saturated rings. The molecule has 88 heavy (non-hydrogen) atoms. The van der Waals surface area contributed by atoms with Crippen molar-refractivity contribution >= 4 is 5.91 Å². The summed E-state index contributed by atoms with van der Waals surface area (Å²) in [5.74, 6) is -0.315. The van der Waals surface area contributed by atoms with Gasteiger partial charge < -0.3 is 89.9 Å². The minimum Gasteiger partial charge on any atom is -0.394 e. The van der Waals surface area contributed by atoms with E-state index >= 15 is 0 Å². The Kier molecular flexibility index (Phi) is 46.2. The third kappa shape index (κ3) is 32.9. The average Bonchev–Trinajstić information content (AvgIpc) is 1.80. The summed E-state index contributed by atoms with van der Waals surface area (Å²) < 4.78 is 34.3. The number of hydrogen-bond acceptors (Lipinski definition) is 18.